The fourth-order valence-electron chi connectivity index (χ4n) is 2.93. The molecule has 0 spiro atoms. The highest BCUT2D eigenvalue weighted by Crippen LogP contribution is 2.39. The molecule has 1 aromatic carbocycles. The topological polar surface area (TPSA) is 69.9 Å². The minimum Gasteiger partial charge on any atom is -0.493 e. The van der Waals surface area contributed by atoms with Gasteiger partial charge in [0.15, 0.2) is 11.5 Å². The predicted molar refractivity (Wildman–Crippen MR) is 111 cm³/mol. The third-order valence-corrected chi connectivity index (χ3v) is 5.40. The SMILES string of the molecule is [C-]#[N+]c1sc2nc(Cc3ccc(OC)c(OC)c3)nc(NCCOC)c2c1C. The highest BCUT2D eigenvalue weighted by molar-refractivity contribution is 7.22. The molecule has 0 aliphatic rings. The van der Waals surface area contributed by atoms with Crippen molar-refractivity contribution in [2.24, 2.45) is 0 Å². The summed E-state index contributed by atoms with van der Waals surface area (Å²) >= 11 is 1.39. The van der Waals surface area contributed by atoms with Gasteiger partial charge in [-0.2, -0.15) is 0 Å². The smallest absolute Gasteiger partial charge is 0.246 e. The summed E-state index contributed by atoms with van der Waals surface area (Å²) in [4.78, 5) is 13.9. The maximum Gasteiger partial charge on any atom is 0.246 e. The van der Waals surface area contributed by atoms with Gasteiger partial charge in [-0.15, -0.1) is 11.3 Å². The van der Waals surface area contributed by atoms with Gasteiger partial charge < -0.3 is 19.5 Å². The van der Waals surface area contributed by atoms with Crippen LogP contribution in [0.3, 0.4) is 0 Å². The number of methoxy groups -OCH3 is 3. The molecule has 1 N–H and O–H groups in total. The van der Waals surface area contributed by atoms with Gasteiger partial charge in [0.05, 0.1) is 27.4 Å². The molecule has 0 bridgehead atoms. The van der Waals surface area contributed by atoms with Crippen molar-refractivity contribution in [1.29, 1.82) is 0 Å². The lowest BCUT2D eigenvalue weighted by Crippen LogP contribution is -2.11. The first-order valence-corrected chi connectivity index (χ1v) is 9.54. The Morgan fingerprint density at radius 3 is 2.61 bits per heavy atom. The second-order valence-corrected chi connectivity index (χ2v) is 7.08. The van der Waals surface area contributed by atoms with Crippen LogP contribution in [0.1, 0.15) is 17.0 Å². The summed E-state index contributed by atoms with van der Waals surface area (Å²) in [6.07, 6.45) is 0.541. The van der Waals surface area contributed by atoms with E-state index in [4.69, 9.17) is 30.8 Å². The zero-order valence-electron chi connectivity index (χ0n) is 16.3. The van der Waals surface area contributed by atoms with E-state index in [1.807, 2.05) is 25.1 Å². The highest BCUT2D eigenvalue weighted by atomic mass is 32.1. The molecule has 0 unspecified atom stereocenters. The fraction of sp³-hybridized carbons (Fsp3) is 0.350. The van der Waals surface area contributed by atoms with Gasteiger partial charge in [-0.1, -0.05) is 6.07 Å². The number of nitrogens with zero attached hydrogens (tertiary/aromatic N) is 3. The van der Waals surface area contributed by atoms with Gasteiger partial charge in [-0.05, 0) is 30.2 Å². The minimum atomic E-state index is 0.541. The molecule has 0 fully saturated rings. The minimum absolute atomic E-state index is 0.541. The number of benzene rings is 1. The molecule has 146 valence electrons. The summed E-state index contributed by atoms with van der Waals surface area (Å²) in [7, 11) is 4.88. The third-order valence-electron chi connectivity index (χ3n) is 4.32. The lowest BCUT2D eigenvalue weighted by Gasteiger charge is -2.11. The number of rotatable bonds is 8. The van der Waals surface area contributed by atoms with Crippen molar-refractivity contribution in [3.05, 3.63) is 46.6 Å². The van der Waals surface area contributed by atoms with Gasteiger partial charge in [0, 0.05) is 25.5 Å². The molecule has 0 atom stereocenters. The molecule has 0 amide bonds. The number of ether oxygens (including phenoxy) is 3. The summed E-state index contributed by atoms with van der Waals surface area (Å²) in [5.41, 5.74) is 1.92. The van der Waals surface area contributed by atoms with Crippen LogP contribution in [0.2, 0.25) is 0 Å². The average Bonchev–Trinajstić information content (AvgIpc) is 3.03. The average molecular weight is 398 g/mol. The second kappa shape index (κ2) is 8.87. The number of hydrogen-bond donors (Lipinski definition) is 1. The first kappa shape index (κ1) is 19.9. The second-order valence-electron chi connectivity index (χ2n) is 6.10. The number of anilines is 1. The number of hydrogen-bond acceptors (Lipinski definition) is 7. The Morgan fingerprint density at radius 1 is 1.14 bits per heavy atom. The lowest BCUT2D eigenvalue weighted by atomic mass is 10.1. The standard InChI is InChI=1S/C20H22N4O3S/c1-12-17-18(22-8-9-25-3)23-16(24-20(17)28-19(12)21-2)11-13-6-7-14(26-4)15(10-13)27-5/h6-7,10H,8-9,11H2,1,3-5H3,(H,22,23,24). The van der Waals surface area contributed by atoms with E-state index in [2.05, 4.69) is 10.2 Å². The normalized spacial score (nSPS) is 10.7. The van der Waals surface area contributed by atoms with Crippen LogP contribution in [0.25, 0.3) is 15.1 Å². The summed E-state index contributed by atoms with van der Waals surface area (Å²) < 4.78 is 15.8. The monoisotopic (exact) mass is 398 g/mol. The number of nitrogens with one attached hydrogen (secondary N) is 1. The van der Waals surface area contributed by atoms with Crippen LogP contribution < -0.4 is 14.8 Å². The van der Waals surface area contributed by atoms with Gasteiger partial charge >= 0.3 is 0 Å². The largest absolute Gasteiger partial charge is 0.493 e. The Bertz CT molecular complexity index is 1030. The first-order chi connectivity index (χ1) is 13.6. The van der Waals surface area contributed by atoms with Crippen LogP contribution in [0.5, 0.6) is 11.5 Å². The first-order valence-electron chi connectivity index (χ1n) is 8.72. The zero-order valence-corrected chi connectivity index (χ0v) is 17.1. The van der Waals surface area contributed by atoms with Crippen LogP contribution >= 0.6 is 11.3 Å². The van der Waals surface area contributed by atoms with Crippen LogP contribution in [0, 0.1) is 13.5 Å². The molecule has 8 heteroatoms. The van der Waals surface area contributed by atoms with E-state index in [1.54, 1.807) is 21.3 Å². The van der Waals surface area contributed by atoms with Crippen molar-refractivity contribution in [1.82, 2.24) is 9.97 Å². The molecule has 0 radical (unpaired) electrons. The molecule has 2 aromatic heterocycles. The molecular weight excluding hydrogens is 376 g/mol. The predicted octanol–water partition coefficient (Wildman–Crippen LogP) is 4.22. The van der Waals surface area contributed by atoms with Crippen molar-refractivity contribution in [3.63, 3.8) is 0 Å². The van der Waals surface area contributed by atoms with Gasteiger partial charge in [-0.3, -0.25) is 0 Å². The fourth-order valence-corrected chi connectivity index (χ4v) is 3.92. The third kappa shape index (κ3) is 4.01. The molecule has 2 heterocycles. The van der Waals surface area contributed by atoms with E-state index >= 15 is 0 Å². The Hall–Kier alpha value is -2.89. The zero-order chi connectivity index (χ0) is 20.1. The van der Waals surface area contributed by atoms with Crippen LogP contribution in [0.15, 0.2) is 18.2 Å². The molecule has 0 aliphatic carbocycles. The number of aryl methyl sites for hydroxylation is 1. The van der Waals surface area contributed by atoms with Gasteiger partial charge in [0.1, 0.15) is 16.5 Å². The van der Waals surface area contributed by atoms with Crippen LogP contribution in [-0.2, 0) is 11.2 Å². The molecule has 0 aliphatic heterocycles. The van der Waals surface area contributed by atoms with Crippen LogP contribution in [-0.4, -0.2) is 44.4 Å². The maximum absolute atomic E-state index is 7.39. The maximum atomic E-state index is 7.39. The molecule has 0 saturated carbocycles. The Balaban J connectivity index is 2.00. The van der Waals surface area contributed by atoms with Crippen molar-refractivity contribution in [2.45, 2.75) is 13.3 Å². The molecular formula is C20H22N4O3S. The van der Waals surface area contributed by atoms with Gasteiger partial charge in [-0.25, -0.2) is 14.8 Å². The van der Waals surface area contributed by atoms with Crippen molar-refractivity contribution in [3.8, 4) is 11.5 Å². The summed E-state index contributed by atoms with van der Waals surface area (Å²) in [6, 6.07) is 5.77. The summed E-state index contributed by atoms with van der Waals surface area (Å²) in [5.74, 6) is 2.76. The van der Waals surface area contributed by atoms with Crippen molar-refractivity contribution in [2.75, 3.05) is 39.8 Å². The van der Waals surface area contributed by atoms with E-state index in [1.165, 1.54) is 11.3 Å². The van der Waals surface area contributed by atoms with Crippen molar-refractivity contribution < 1.29 is 14.2 Å². The lowest BCUT2D eigenvalue weighted by molar-refractivity contribution is 0.210. The molecule has 28 heavy (non-hydrogen) atoms. The quantitative estimate of drug-likeness (QED) is 0.453. The molecule has 0 saturated heterocycles. The van der Waals surface area contributed by atoms with Crippen LogP contribution in [0.4, 0.5) is 10.8 Å². The number of aromatic nitrogens is 2. The Kier molecular flexibility index (Phi) is 6.29. The molecule has 3 rings (SSSR count). The van der Waals surface area contributed by atoms with Crippen molar-refractivity contribution >= 4 is 32.4 Å². The summed E-state index contributed by atoms with van der Waals surface area (Å²) in [6.45, 7) is 10.5. The number of fused-ring (bicyclic) bond motifs is 1. The molecule has 3 aromatic rings. The van der Waals surface area contributed by atoms with E-state index in [9.17, 15) is 0 Å². The number of thiophene rings is 1. The van der Waals surface area contributed by atoms with E-state index in [0.29, 0.717) is 41.9 Å². The van der Waals surface area contributed by atoms with E-state index in [-0.39, 0.29) is 0 Å². The van der Waals surface area contributed by atoms with E-state index < -0.39 is 0 Å². The highest BCUT2D eigenvalue weighted by Gasteiger charge is 2.17. The Labute approximate surface area is 168 Å². The molecule has 7 nitrogen and oxygen atoms in total. The van der Waals surface area contributed by atoms with E-state index in [0.717, 1.165) is 27.2 Å². The van der Waals surface area contributed by atoms with Gasteiger partial charge in [0.2, 0.25) is 5.00 Å². The van der Waals surface area contributed by atoms with Gasteiger partial charge in [0.25, 0.3) is 0 Å². The Morgan fingerprint density at radius 2 is 1.93 bits per heavy atom. The summed E-state index contributed by atoms with van der Waals surface area (Å²) in [5, 5.41) is 4.86.